The zero-order valence-corrected chi connectivity index (χ0v) is 10.0. The van der Waals surface area contributed by atoms with Gasteiger partial charge in [0.1, 0.15) is 5.54 Å². The number of imide groups is 1. The quantitative estimate of drug-likeness (QED) is 0.524. The monoisotopic (exact) mass is 246 g/mol. The Morgan fingerprint density at radius 1 is 1.50 bits per heavy atom. The van der Waals surface area contributed by atoms with E-state index in [2.05, 4.69) is 11.9 Å². The zero-order valence-electron chi connectivity index (χ0n) is 9.19. The number of sulfonamides is 1. The second-order valence-electron chi connectivity index (χ2n) is 4.01. The van der Waals surface area contributed by atoms with Crippen molar-refractivity contribution in [3.05, 3.63) is 12.7 Å². The Labute approximate surface area is 94.4 Å². The van der Waals surface area contributed by atoms with Crippen LogP contribution in [0.1, 0.15) is 13.8 Å². The number of hydrogen-bond donors (Lipinski definition) is 1. The molecular weight excluding hydrogens is 232 g/mol. The Hall–Kier alpha value is -1.21. The van der Waals surface area contributed by atoms with Crippen LogP contribution in [0.5, 0.6) is 0 Å². The fourth-order valence-corrected chi connectivity index (χ4v) is 3.02. The fraction of sp³-hybridized carbons (Fsp3) is 0.556. The average Bonchev–Trinajstić information content (AvgIpc) is 2.11. The van der Waals surface area contributed by atoms with Crippen LogP contribution < -0.4 is 5.32 Å². The lowest BCUT2D eigenvalue weighted by Gasteiger charge is -2.38. The number of piperazine rings is 1. The van der Waals surface area contributed by atoms with Crippen LogP contribution in [-0.2, 0) is 19.6 Å². The van der Waals surface area contributed by atoms with Gasteiger partial charge in [0.2, 0.25) is 21.8 Å². The lowest BCUT2D eigenvalue weighted by atomic mass is 10.0. The lowest BCUT2D eigenvalue weighted by Crippen LogP contribution is -2.65. The van der Waals surface area contributed by atoms with Gasteiger partial charge in [-0.25, -0.2) is 8.42 Å². The number of nitrogens with zero attached hydrogens (tertiary/aromatic N) is 1. The summed E-state index contributed by atoms with van der Waals surface area (Å²) in [6, 6.07) is 0. The maximum absolute atomic E-state index is 11.8. The van der Waals surface area contributed by atoms with E-state index >= 15 is 0 Å². The summed E-state index contributed by atoms with van der Waals surface area (Å²) in [7, 11) is -3.67. The standard InChI is InChI=1S/C9H14N2O4S/c1-4-5-16(14,15)11-6-7(12)10-8(13)9(11,2)3/h4H,1,5-6H2,2-3H3,(H,10,12,13). The van der Waals surface area contributed by atoms with E-state index in [0.29, 0.717) is 0 Å². The molecule has 1 heterocycles. The molecule has 0 aromatic heterocycles. The summed E-state index contributed by atoms with van der Waals surface area (Å²) in [4.78, 5) is 22.7. The van der Waals surface area contributed by atoms with E-state index in [1.165, 1.54) is 19.9 Å². The zero-order chi connectivity index (χ0) is 12.6. The second-order valence-corrected chi connectivity index (χ2v) is 5.95. The van der Waals surface area contributed by atoms with Gasteiger partial charge in [-0.2, -0.15) is 4.31 Å². The fourth-order valence-electron chi connectivity index (χ4n) is 1.45. The number of nitrogens with one attached hydrogen (secondary N) is 1. The summed E-state index contributed by atoms with van der Waals surface area (Å²) in [5.74, 6) is -1.52. The normalized spacial score (nSPS) is 21.6. The van der Waals surface area contributed by atoms with Crippen LogP contribution >= 0.6 is 0 Å². The SMILES string of the molecule is C=CCS(=O)(=O)N1CC(=O)NC(=O)C1(C)C. The first-order valence-electron chi connectivity index (χ1n) is 4.67. The highest BCUT2D eigenvalue weighted by Crippen LogP contribution is 2.22. The molecule has 0 bridgehead atoms. The van der Waals surface area contributed by atoms with Gasteiger partial charge >= 0.3 is 0 Å². The Bertz CT molecular complexity index is 438. The highest BCUT2D eigenvalue weighted by Gasteiger charge is 2.46. The molecule has 16 heavy (non-hydrogen) atoms. The summed E-state index contributed by atoms with van der Waals surface area (Å²) >= 11 is 0. The molecule has 0 aromatic rings. The topological polar surface area (TPSA) is 83.6 Å². The molecule has 0 saturated carbocycles. The van der Waals surface area contributed by atoms with Crippen LogP contribution in [0.3, 0.4) is 0 Å². The van der Waals surface area contributed by atoms with Crippen molar-refractivity contribution >= 4 is 21.8 Å². The molecule has 1 rings (SSSR count). The molecule has 0 spiro atoms. The van der Waals surface area contributed by atoms with Gasteiger partial charge in [-0.05, 0) is 13.8 Å². The minimum absolute atomic E-state index is 0.295. The summed E-state index contributed by atoms with van der Waals surface area (Å²) < 4.78 is 24.5. The smallest absolute Gasteiger partial charge is 0.247 e. The van der Waals surface area contributed by atoms with Crippen molar-refractivity contribution in [2.45, 2.75) is 19.4 Å². The van der Waals surface area contributed by atoms with Crippen molar-refractivity contribution in [1.29, 1.82) is 0 Å². The molecule has 6 nitrogen and oxygen atoms in total. The van der Waals surface area contributed by atoms with E-state index in [-0.39, 0.29) is 12.3 Å². The molecular formula is C9H14N2O4S. The van der Waals surface area contributed by atoms with Gasteiger partial charge in [-0.15, -0.1) is 6.58 Å². The van der Waals surface area contributed by atoms with Crippen molar-refractivity contribution in [2.75, 3.05) is 12.3 Å². The highest BCUT2D eigenvalue weighted by atomic mass is 32.2. The van der Waals surface area contributed by atoms with E-state index in [1.54, 1.807) is 0 Å². The average molecular weight is 246 g/mol. The van der Waals surface area contributed by atoms with E-state index in [4.69, 9.17) is 0 Å². The Morgan fingerprint density at radius 2 is 2.06 bits per heavy atom. The van der Waals surface area contributed by atoms with E-state index in [9.17, 15) is 18.0 Å². The van der Waals surface area contributed by atoms with Gasteiger partial charge in [0.25, 0.3) is 0 Å². The summed E-state index contributed by atoms with van der Waals surface area (Å²) in [5.41, 5.74) is -1.25. The largest absolute Gasteiger partial charge is 0.294 e. The Balaban J connectivity index is 3.15. The minimum atomic E-state index is -3.67. The maximum Gasteiger partial charge on any atom is 0.247 e. The molecule has 1 aliphatic heterocycles. The van der Waals surface area contributed by atoms with Crippen LogP contribution in [0.2, 0.25) is 0 Å². The van der Waals surface area contributed by atoms with Gasteiger partial charge in [-0.3, -0.25) is 14.9 Å². The molecule has 1 N–H and O–H groups in total. The lowest BCUT2D eigenvalue weighted by molar-refractivity contribution is -0.141. The predicted octanol–water partition coefficient (Wildman–Crippen LogP) is -0.761. The van der Waals surface area contributed by atoms with Crippen molar-refractivity contribution in [3.63, 3.8) is 0 Å². The minimum Gasteiger partial charge on any atom is -0.294 e. The molecule has 0 aliphatic carbocycles. The van der Waals surface area contributed by atoms with Gasteiger partial charge < -0.3 is 0 Å². The number of hydrogen-bond acceptors (Lipinski definition) is 4. The molecule has 1 fully saturated rings. The molecule has 1 saturated heterocycles. The van der Waals surface area contributed by atoms with Gasteiger partial charge in [-0.1, -0.05) is 6.08 Å². The third kappa shape index (κ3) is 2.14. The summed E-state index contributed by atoms with van der Waals surface area (Å²) in [6.45, 7) is 5.90. The maximum atomic E-state index is 11.8. The summed E-state index contributed by atoms with van der Waals surface area (Å²) in [5, 5.41) is 2.10. The molecule has 2 amide bonds. The molecule has 90 valence electrons. The Morgan fingerprint density at radius 3 is 2.56 bits per heavy atom. The number of carbonyl (C=O) groups is 2. The number of rotatable bonds is 3. The van der Waals surface area contributed by atoms with Crippen LogP contribution in [0, 0.1) is 0 Å². The number of amides is 2. The first kappa shape index (κ1) is 12.9. The second kappa shape index (κ2) is 3.99. The molecule has 0 aromatic carbocycles. The van der Waals surface area contributed by atoms with Gasteiger partial charge in [0.05, 0.1) is 12.3 Å². The first-order chi connectivity index (χ1) is 7.21. The van der Waals surface area contributed by atoms with E-state index < -0.39 is 27.4 Å². The molecule has 0 radical (unpaired) electrons. The van der Waals surface area contributed by atoms with Crippen molar-refractivity contribution in [2.24, 2.45) is 0 Å². The van der Waals surface area contributed by atoms with Crippen molar-refractivity contribution < 1.29 is 18.0 Å². The van der Waals surface area contributed by atoms with Crippen molar-refractivity contribution in [3.8, 4) is 0 Å². The van der Waals surface area contributed by atoms with E-state index in [1.807, 2.05) is 0 Å². The van der Waals surface area contributed by atoms with Crippen LogP contribution in [0.25, 0.3) is 0 Å². The van der Waals surface area contributed by atoms with E-state index in [0.717, 1.165) is 4.31 Å². The number of carbonyl (C=O) groups excluding carboxylic acids is 2. The van der Waals surface area contributed by atoms with Crippen LogP contribution in [0.4, 0.5) is 0 Å². The third-order valence-electron chi connectivity index (χ3n) is 2.38. The molecule has 0 unspecified atom stereocenters. The third-order valence-corrected chi connectivity index (χ3v) is 4.30. The molecule has 0 atom stereocenters. The first-order valence-corrected chi connectivity index (χ1v) is 6.28. The Kier molecular flexibility index (Phi) is 3.20. The molecule has 1 aliphatic rings. The summed E-state index contributed by atoms with van der Waals surface area (Å²) in [6.07, 6.45) is 1.22. The highest BCUT2D eigenvalue weighted by molar-refractivity contribution is 7.89. The molecule has 7 heteroatoms. The van der Waals surface area contributed by atoms with Crippen LogP contribution in [0.15, 0.2) is 12.7 Å². The predicted molar refractivity (Wildman–Crippen MR) is 57.9 cm³/mol. The van der Waals surface area contributed by atoms with Gasteiger partial charge in [0, 0.05) is 0 Å². The van der Waals surface area contributed by atoms with Crippen molar-refractivity contribution in [1.82, 2.24) is 9.62 Å². The van der Waals surface area contributed by atoms with Gasteiger partial charge in [0.15, 0.2) is 0 Å². The van der Waals surface area contributed by atoms with Crippen LogP contribution in [-0.4, -0.2) is 42.4 Å².